The molecule has 0 unspecified atom stereocenters. The summed E-state index contributed by atoms with van der Waals surface area (Å²) in [5.41, 5.74) is 5.88. The lowest BCUT2D eigenvalue weighted by molar-refractivity contribution is 0.833. The zero-order chi connectivity index (χ0) is 13.7. The average molecular weight is 260 g/mol. The van der Waals surface area contributed by atoms with Crippen molar-refractivity contribution in [3.8, 4) is 0 Å². The van der Waals surface area contributed by atoms with Crippen LogP contribution in [-0.2, 0) is 0 Å². The van der Waals surface area contributed by atoms with Crippen LogP contribution in [0.5, 0.6) is 0 Å². The topological polar surface area (TPSA) is 17.3 Å². The van der Waals surface area contributed by atoms with Crippen molar-refractivity contribution in [2.75, 3.05) is 0 Å². The molecular weight excluding hydrogens is 244 g/mol. The lowest BCUT2D eigenvalue weighted by Gasteiger charge is -2.11. The number of hydrogen-bond acceptors (Lipinski definition) is 1. The number of aromatic nitrogens is 2. The molecule has 2 aromatic heterocycles. The molecule has 4 rings (SSSR count). The SMILES string of the molecule is CC(C)c1nc2ccccc2n2c1cc1ccccc12. The van der Waals surface area contributed by atoms with Gasteiger partial charge in [0.1, 0.15) is 0 Å². The van der Waals surface area contributed by atoms with Crippen LogP contribution >= 0.6 is 0 Å². The Kier molecular flexibility index (Phi) is 2.34. The van der Waals surface area contributed by atoms with Gasteiger partial charge in [-0.25, -0.2) is 4.98 Å². The summed E-state index contributed by atoms with van der Waals surface area (Å²) >= 11 is 0. The van der Waals surface area contributed by atoms with Gasteiger partial charge in [-0.1, -0.05) is 44.2 Å². The average Bonchev–Trinajstić information content (AvgIpc) is 2.85. The van der Waals surface area contributed by atoms with Crippen molar-refractivity contribution in [2.45, 2.75) is 19.8 Å². The van der Waals surface area contributed by atoms with Gasteiger partial charge in [0.25, 0.3) is 0 Å². The van der Waals surface area contributed by atoms with E-state index in [0.717, 1.165) is 5.52 Å². The van der Waals surface area contributed by atoms with Crippen LogP contribution in [-0.4, -0.2) is 9.38 Å². The summed E-state index contributed by atoms with van der Waals surface area (Å²) < 4.78 is 2.34. The molecule has 4 aromatic rings. The third kappa shape index (κ3) is 1.48. The van der Waals surface area contributed by atoms with Crippen LogP contribution in [0.3, 0.4) is 0 Å². The Morgan fingerprint density at radius 2 is 1.55 bits per heavy atom. The smallest absolute Gasteiger partial charge is 0.0874 e. The van der Waals surface area contributed by atoms with Gasteiger partial charge in [0.05, 0.1) is 27.8 Å². The van der Waals surface area contributed by atoms with Crippen molar-refractivity contribution < 1.29 is 0 Å². The van der Waals surface area contributed by atoms with Gasteiger partial charge in [-0.2, -0.15) is 0 Å². The molecule has 2 heteroatoms. The minimum Gasteiger partial charge on any atom is -0.306 e. The zero-order valence-electron chi connectivity index (χ0n) is 11.7. The molecule has 0 saturated carbocycles. The highest BCUT2D eigenvalue weighted by molar-refractivity contribution is 5.94. The predicted molar refractivity (Wildman–Crippen MR) is 84.3 cm³/mol. The molecule has 0 atom stereocenters. The number of nitrogens with zero attached hydrogens (tertiary/aromatic N) is 2. The van der Waals surface area contributed by atoms with Crippen LogP contribution < -0.4 is 0 Å². The lowest BCUT2D eigenvalue weighted by atomic mass is 10.1. The maximum absolute atomic E-state index is 4.88. The summed E-state index contributed by atoms with van der Waals surface area (Å²) in [7, 11) is 0. The first-order chi connectivity index (χ1) is 9.75. The van der Waals surface area contributed by atoms with Crippen molar-refractivity contribution in [3.63, 3.8) is 0 Å². The van der Waals surface area contributed by atoms with Crippen LogP contribution in [0.4, 0.5) is 0 Å². The van der Waals surface area contributed by atoms with Crippen LogP contribution in [0.2, 0.25) is 0 Å². The third-order valence-corrected chi connectivity index (χ3v) is 3.88. The van der Waals surface area contributed by atoms with E-state index in [1.54, 1.807) is 0 Å². The fraction of sp³-hybridized carbons (Fsp3) is 0.167. The molecule has 0 spiro atoms. The Hall–Kier alpha value is -2.35. The Morgan fingerprint density at radius 3 is 2.35 bits per heavy atom. The molecule has 0 aliphatic heterocycles. The lowest BCUT2D eigenvalue weighted by Crippen LogP contribution is -1.99. The molecule has 2 aromatic carbocycles. The van der Waals surface area contributed by atoms with Crippen LogP contribution in [0.1, 0.15) is 25.5 Å². The van der Waals surface area contributed by atoms with E-state index in [2.05, 4.69) is 72.8 Å². The molecule has 0 N–H and O–H groups in total. The van der Waals surface area contributed by atoms with Gasteiger partial charge in [0, 0.05) is 5.39 Å². The molecule has 0 bridgehead atoms. The van der Waals surface area contributed by atoms with Gasteiger partial charge >= 0.3 is 0 Å². The van der Waals surface area contributed by atoms with E-state index < -0.39 is 0 Å². The monoisotopic (exact) mass is 260 g/mol. The third-order valence-electron chi connectivity index (χ3n) is 3.88. The molecule has 0 saturated heterocycles. The van der Waals surface area contributed by atoms with Crippen LogP contribution in [0, 0.1) is 0 Å². The minimum atomic E-state index is 0.409. The molecule has 0 fully saturated rings. The summed E-state index contributed by atoms with van der Waals surface area (Å²) in [6.07, 6.45) is 0. The first-order valence-electron chi connectivity index (χ1n) is 7.04. The summed E-state index contributed by atoms with van der Waals surface area (Å²) in [5, 5.41) is 1.27. The van der Waals surface area contributed by atoms with Gasteiger partial charge < -0.3 is 4.40 Å². The highest BCUT2D eigenvalue weighted by Gasteiger charge is 2.13. The van der Waals surface area contributed by atoms with E-state index in [0.29, 0.717) is 5.92 Å². The number of rotatable bonds is 1. The highest BCUT2D eigenvalue weighted by Crippen LogP contribution is 2.29. The molecule has 20 heavy (non-hydrogen) atoms. The van der Waals surface area contributed by atoms with E-state index in [4.69, 9.17) is 4.98 Å². The fourth-order valence-electron chi connectivity index (χ4n) is 2.96. The summed E-state index contributed by atoms with van der Waals surface area (Å²) in [6.45, 7) is 4.41. The Bertz CT molecular complexity index is 932. The van der Waals surface area contributed by atoms with E-state index >= 15 is 0 Å². The van der Waals surface area contributed by atoms with Crippen molar-refractivity contribution in [1.82, 2.24) is 9.38 Å². The molecule has 98 valence electrons. The molecule has 0 aliphatic carbocycles. The van der Waals surface area contributed by atoms with Crippen molar-refractivity contribution >= 4 is 27.5 Å². The molecule has 0 amide bonds. The Morgan fingerprint density at radius 1 is 0.850 bits per heavy atom. The Labute approximate surface area is 117 Å². The molecule has 2 heterocycles. The number of fused-ring (bicyclic) bond motifs is 5. The minimum absolute atomic E-state index is 0.409. The molecular formula is C18H16N2. The number of benzene rings is 2. The van der Waals surface area contributed by atoms with Crippen LogP contribution in [0.25, 0.3) is 27.5 Å². The maximum Gasteiger partial charge on any atom is 0.0874 e. The quantitative estimate of drug-likeness (QED) is 0.482. The largest absolute Gasteiger partial charge is 0.306 e. The first kappa shape index (κ1) is 11.5. The van der Waals surface area contributed by atoms with Crippen molar-refractivity contribution in [2.24, 2.45) is 0 Å². The van der Waals surface area contributed by atoms with Crippen molar-refractivity contribution in [1.29, 1.82) is 0 Å². The van der Waals surface area contributed by atoms with Gasteiger partial charge in [0.2, 0.25) is 0 Å². The second kappa shape index (κ2) is 4.07. The number of hydrogen-bond donors (Lipinski definition) is 0. The standard InChI is InChI=1S/C18H16N2/c1-12(2)18-17-11-13-7-3-5-9-15(13)20(17)16-10-6-4-8-14(16)19-18/h3-12H,1-2H3. The van der Waals surface area contributed by atoms with E-state index in [1.165, 1.54) is 27.6 Å². The number of para-hydroxylation sites is 3. The highest BCUT2D eigenvalue weighted by atomic mass is 14.9. The van der Waals surface area contributed by atoms with Crippen molar-refractivity contribution in [3.05, 3.63) is 60.3 Å². The summed E-state index contributed by atoms with van der Waals surface area (Å²) in [5.74, 6) is 0.409. The predicted octanol–water partition coefficient (Wildman–Crippen LogP) is 4.76. The zero-order valence-corrected chi connectivity index (χ0v) is 11.7. The first-order valence-corrected chi connectivity index (χ1v) is 7.04. The van der Waals surface area contributed by atoms with E-state index in [1.807, 2.05) is 0 Å². The summed E-state index contributed by atoms with van der Waals surface area (Å²) in [4.78, 5) is 4.88. The fourth-order valence-corrected chi connectivity index (χ4v) is 2.96. The normalized spacial score (nSPS) is 11.9. The molecule has 2 nitrogen and oxygen atoms in total. The van der Waals surface area contributed by atoms with Gasteiger partial charge in [0.15, 0.2) is 0 Å². The van der Waals surface area contributed by atoms with E-state index in [-0.39, 0.29) is 0 Å². The second-order valence-corrected chi connectivity index (χ2v) is 5.56. The Balaban J connectivity index is 2.34. The van der Waals surface area contributed by atoms with Gasteiger partial charge in [-0.3, -0.25) is 0 Å². The molecule has 0 aliphatic rings. The van der Waals surface area contributed by atoms with Gasteiger partial charge in [-0.15, -0.1) is 0 Å². The molecule has 0 radical (unpaired) electrons. The second-order valence-electron chi connectivity index (χ2n) is 5.56. The van der Waals surface area contributed by atoms with Gasteiger partial charge in [-0.05, 0) is 30.2 Å². The maximum atomic E-state index is 4.88. The van der Waals surface area contributed by atoms with E-state index in [9.17, 15) is 0 Å². The van der Waals surface area contributed by atoms with Crippen LogP contribution in [0.15, 0.2) is 54.6 Å². The summed E-state index contributed by atoms with van der Waals surface area (Å²) in [6, 6.07) is 19.2.